The Morgan fingerprint density at radius 2 is 1.97 bits per heavy atom. The summed E-state index contributed by atoms with van der Waals surface area (Å²) >= 11 is 3.26. The fourth-order valence-electron chi connectivity index (χ4n) is 4.01. The molecule has 154 valence electrons. The molecule has 30 heavy (non-hydrogen) atoms. The molecule has 7 heteroatoms. The average molecular weight is 438 g/mol. The molecule has 5 rings (SSSR count). The maximum absolute atomic E-state index is 13.3. The van der Waals surface area contributed by atoms with Gasteiger partial charge in [0.05, 0.1) is 11.1 Å². The number of thioether (sulfide) groups is 1. The van der Waals surface area contributed by atoms with Crippen molar-refractivity contribution in [3.63, 3.8) is 0 Å². The molecule has 0 aliphatic heterocycles. The molecule has 0 fully saturated rings. The topological polar surface area (TPSA) is 60.9 Å². The first-order chi connectivity index (χ1) is 14.7. The van der Waals surface area contributed by atoms with Crippen molar-refractivity contribution in [3.8, 4) is 11.5 Å². The summed E-state index contributed by atoms with van der Waals surface area (Å²) in [4.78, 5) is 25.1. The molecule has 5 nitrogen and oxygen atoms in total. The number of thiophene rings is 1. The molecule has 0 unspecified atom stereocenters. The summed E-state index contributed by atoms with van der Waals surface area (Å²) in [6.45, 7) is 4.56. The van der Waals surface area contributed by atoms with Gasteiger partial charge in [0.25, 0.3) is 5.56 Å². The smallest absolute Gasteiger partial charge is 0.263 e. The molecule has 0 amide bonds. The Bertz CT molecular complexity index is 1270. The third-order valence-electron chi connectivity index (χ3n) is 5.61. The van der Waals surface area contributed by atoms with Crippen molar-refractivity contribution in [1.82, 2.24) is 14.5 Å². The lowest BCUT2D eigenvalue weighted by Gasteiger charge is -2.12. The van der Waals surface area contributed by atoms with Crippen LogP contribution in [-0.4, -0.2) is 14.5 Å². The van der Waals surface area contributed by atoms with Crippen molar-refractivity contribution >= 4 is 33.3 Å². The molecule has 0 N–H and O–H groups in total. The fraction of sp³-hybridized carbons (Fsp3) is 0.348. The lowest BCUT2D eigenvalue weighted by atomic mass is 9.97. The lowest BCUT2D eigenvalue weighted by molar-refractivity contribution is 0.540. The number of aryl methyl sites for hydroxylation is 3. The molecular weight excluding hydrogens is 414 g/mol. The van der Waals surface area contributed by atoms with Gasteiger partial charge in [0.1, 0.15) is 10.6 Å². The van der Waals surface area contributed by atoms with Crippen LogP contribution in [0.25, 0.3) is 21.7 Å². The predicted octanol–water partition coefficient (Wildman–Crippen LogP) is 5.61. The van der Waals surface area contributed by atoms with Crippen LogP contribution in [0.15, 0.2) is 44.7 Å². The normalized spacial score (nSPS) is 13.7. The van der Waals surface area contributed by atoms with E-state index in [0.717, 1.165) is 51.7 Å². The Labute approximate surface area is 183 Å². The van der Waals surface area contributed by atoms with Crippen LogP contribution < -0.4 is 5.56 Å². The monoisotopic (exact) mass is 437 g/mol. The Morgan fingerprint density at radius 3 is 2.77 bits per heavy atom. The molecule has 1 aliphatic rings. The number of hydrogen-bond donors (Lipinski definition) is 0. The van der Waals surface area contributed by atoms with Crippen molar-refractivity contribution in [1.29, 1.82) is 0 Å². The molecule has 0 radical (unpaired) electrons. The molecule has 0 saturated heterocycles. The van der Waals surface area contributed by atoms with Crippen LogP contribution >= 0.6 is 23.1 Å². The van der Waals surface area contributed by atoms with E-state index in [0.29, 0.717) is 18.2 Å². The highest BCUT2D eigenvalue weighted by Gasteiger charge is 2.22. The maximum Gasteiger partial charge on any atom is 0.263 e. The third kappa shape index (κ3) is 3.40. The minimum atomic E-state index is 0.103. The Hall–Kier alpha value is -2.38. The van der Waals surface area contributed by atoms with Crippen molar-refractivity contribution < 1.29 is 4.42 Å². The number of rotatable bonds is 5. The maximum atomic E-state index is 13.3. The third-order valence-corrected chi connectivity index (χ3v) is 7.78. The first kappa shape index (κ1) is 19.6. The molecular formula is C23H23N3O2S2. The van der Waals surface area contributed by atoms with E-state index in [9.17, 15) is 4.79 Å². The Morgan fingerprint density at radius 1 is 1.17 bits per heavy atom. The van der Waals surface area contributed by atoms with Gasteiger partial charge in [-0.15, -0.1) is 11.3 Å². The molecule has 1 aromatic carbocycles. The van der Waals surface area contributed by atoms with E-state index in [4.69, 9.17) is 9.40 Å². The van der Waals surface area contributed by atoms with Gasteiger partial charge in [-0.3, -0.25) is 9.36 Å². The van der Waals surface area contributed by atoms with Gasteiger partial charge < -0.3 is 4.42 Å². The van der Waals surface area contributed by atoms with Gasteiger partial charge in [0, 0.05) is 22.7 Å². The second-order valence-corrected chi connectivity index (χ2v) is 9.54. The quantitative estimate of drug-likeness (QED) is 0.300. The van der Waals surface area contributed by atoms with Crippen LogP contribution in [0.5, 0.6) is 0 Å². The van der Waals surface area contributed by atoms with Gasteiger partial charge in [-0.05, 0) is 57.2 Å². The summed E-state index contributed by atoms with van der Waals surface area (Å²) in [6.07, 6.45) is 4.45. The van der Waals surface area contributed by atoms with Gasteiger partial charge >= 0.3 is 0 Å². The van der Waals surface area contributed by atoms with E-state index in [1.807, 2.05) is 48.7 Å². The van der Waals surface area contributed by atoms with E-state index in [1.54, 1.807) is 23.1 Å². The lowest BCUT2D eigenvalue weighted by Crippen LogP contribution is -2.23. The van der Waals surface area contributed by atoms with E-state index in [1.165, 1.54) is 16.9 Å². The standard InChI is InChI=1S/C23H23N3O2S2/c1-3-26-22(27)19-16-11-7-8-12-18(16)30-21(19)25-23(26)29-13-17-14(2)28-20(24-17)15-9-5-4-6-10-15/h4-6,9-10H,3,7-8,11-13H2,1-2H3. The molecule has 0 saturated carbocycles. The number of aromatic nitrogens is 3. The summed E-state index contributed by atoms with van der Waals surface area (Å²) < 4.78 is 7.69. The first-order valence-corrected chi connectivity index (χ1v) is 12.2. The van der Waals surface area contributed by atoms with Crippen LogP contribution in [0.3, 0.4) is 0 Å². The number of nitrogens with zero attached hydrogens (tertiary/aromatic N) is 3. The molecule has 3 aromatic heterocycles. The van der Waals surface area contributed by atoms with Gasteiger partial charge in [-0.25, -0.2) is 9.97 Å². The zero-order chi connectivity index (χ0) is 20.7. The van der Waals surface area contributed by atoms with Crippen molar-refractivity contribution in [2.24, 2.45) is 0 Å². The predicted molar refractivity (Wildman–Crippen MR) is 122 cm³/mol. The first-order valence-electron chi connectivity index (χ1n) is 10.3. The Balaban J connectivity index is 1.47. The van der Waals surface area contributed by atoms with Crippen LogP contribution in [-0.2, 0) is 25.1 Å². The zero-order valence-corrected chi connectivity index (χ0v) is 18.7. The SMILES string of the molecule is CCn1c(SCc2nc(-c3ccccc3)oc2C)nc2sc3c(c2c1=O)CCCC3. The summed E-state index contributed by atoms with van der Waals surface area (Å²) in [6, 6.07) is 9.91. The molecule has 0 bridgehead atoms. The number of benzene rings is 1. The highest BCUT2D eigenvalue weighted by Crippen LogP contribution is 2.35. The van der Waals surface area contributed by atoms with Gasteiger partial charge in [-0.2, -0.15) is 0 Å². The van der Waals surface area contributed by atoms with Crippen molar-refractivity contribution in [2.75, 3.05) is 0 Å². The highest BCUT2D eigenvalue weighted by molar-refractivity contribution is 7.98. The van der Waals surface area contributed by atoms with Crippen molar-refractivity contribution in [3.05, 3.63) is 62.6 Å². The highest BCUT2D eigenvalue weighted by atomic mass is 32.2. The van der Waals surface area contributed by atoms with Crippen LogP contribution in [0, 0.1) is 6.92 Å². The molecule has 0 atom stereocenters. The summed E-state index contributed by atoms with van der Waals surface area (Å²) in [5.74, 6) is 2.05. The number of oxazole rings is 1. The fourth-order valence-corrected chi connectivity index (χ4v) is 6.37. The van der Waals surface area contributed by atoms with Crippen LogP contribution in [0.4, 0.5) is 0 Å². The van der Waals surface area contributed by atoms with Crippen molar-refractivity contribution in [2.45, 2.75) is 57.0 Å². The van der Waals surface area contributed by atoms with E-state index in [-0.39, 0.29) is 5.56 Å². The largest absolute Gasteiger partial charge is 0.441 e. The van der Waals surface area contributed by atoms with Crippen LogP contribution in [0.1, 0.15) is 41.7 Å². The second kappa shape index (κ2) is 8.04. The van der Waals surface area contributed by atoms with E-state index in [2.05, 4.69) is 4.98 Å². The summed E-state index contributed by atoms with van der Waals surface area (Å²) in [7, 11) is 0. The number of hydrogen-bond acceptors (Lipinski definition) is 6. The Kier molecular flexibility index (Phi) is 5.25. The molecule has 3 heterocycles. The molecule has 0 spiro atoms. The van der Waals surface area contributed by atoms with E-state index < -0.39 is 0 Å². The van der Waals surface area contributed by atoms with Crippen LogP contribution in [0.2, 0.25) is 0 Å². The zero-order valence-electron chi connectivity index (χ0n) is 17.1. The van der Waals surface area contributed by atoms with Gasteiger partial charge in [0.15, 0.2) is 5.16 Å². The van der Waals surface area contributed by atoms with Gasteiger partial charge in [-0.1, -0.05) is 30.0 Å². The summed E-state index contributed by atoms with van der Waals surface area (Å²) in [5.41, 5.74) is 3.20. The number of fused-ring (bicyclic) bond motifs is 3. The molecule has 1 aliphatic carbocycles. The van der Waals surface area contributed by atoms with E-state index >= 15 is 0 Å². The summed E-state index contributed by atoms with van der Waals surface area (Å²) in [5, 5.41) is 1.61. The molecule has 4 aromatic rings. The minimum Gasteiger partial charge on any atom is -0.441 e. The second-order valence-electron chi connectivity index (χ2n) is 7.51. The average Bonchev–Trinajstić information content (AvgIpc) is 3.33. The minimum absolute atomic E-state index is 0.103. The van der Waals surface area contributed by atoms with Gasteiger partial charge in [0.2, 0.25) is 5.89 Å².